The van der Waals surface area contributed by atoms with Crippen LogP contribution in [0.4, 0.5) is 0 Å². The number of benzene rings is 1. The zero-order valence-corrected chi connectivity index (χ0v) is 10.8. The molecule has 0 amide bonds. The van der Waals surface area contributed by atoms with Crippen LogP contribution in [0.15, 0.2) is 24.3 Å². The van der Waals surface area contributed by atoms with Crippen molar-refractivity contribution in [2.45, 2.75) is 26.2 Å². The Kier molecular flexibility index (Phi) is 4.94. The summed E-state index contributed by atoms with van der Waals surface area (Å²) in [5, 5.41) is 0. The summed E-state index contributed by atoms with van der Waals surface area (Å²) < 4.78 is 1.15. The molecule has 0 saturated carbocycles. The highest BCUT2D eigenvalue weighted by molar-refractivity contribution is 14.1. The van der Waals surface area contributed by atoms with Gasteiger partial charge in [0.2, 0.25) is 0 Å². The minimum atomic E-state index is -0.263. The van der Waals surface area contributed by atoms with Gasteiger partial charge >= 0.3 is 0 Å². The lowest BCUT2D eigenvalue weighted by Crippen LogP contribution is -2.13. The van der Waals surface area contributed by atoms with Crippen molar-refractivity contribution >= 4 is 34.2 Å². The molecule has 0 radical (unpaired) electrons. The van der Waals surface area contributed by atoms with Gasteiger partial charge in [0.15, 0.2) is 11.6 Å². The summed E-state index contributed by atoms with van der Waals surface area (Å²) in [4.78, 5) is 22.4. The van der Waals surface area contributed by atoms with Gasteiger partial charge in [-0.25, -0.2) is 0 Å². The highest BCUT2D eigenvalue weighted by atomic mass is 127. The van der Waals surface area contributed by atoms with Crippen LogP contribution >= 0.6 is 22.6 Å². The molecule has 0 aliphatic carbocycles. The van der Waals surface area contributed by atoms with Gasteiger partial charge in [0.25, 0.3) is 0 Å². The Balaban J connectivity index is 2.54. The van der Waals surface area contributed by atoms with E-state index in [0.717, 1.165) is 9.13 Å². The van der Waals surface area contributed by atoms with Crippen molar-refractivity contribution in [3.8, 4) is 0 Å². The average Bonchev–Trinajstić information content (AvgIpc) is 2.26. The summed E-state index contributed by atoms with van der Waals surface area (Å²) >= 11 is 2.24. The minimum absolute atomic E-state index is 0.253. The van der Waals surface area contributed by atoms with E-state index >= 15 is 0 Å². The lowest BCUT2D eigenvalue weighted by atomic mass is 10.0. The molecular weight excluding hydrogens is 303 g/mol. The normalized spacial score (nSPS) is 10.0. The maximum absolute atomic E-state index is 11.3. The molecule has 1 rings (SSSR count). The summed E-state index contributed by atoms with van der Waals surface area (Å²) in [6, 6.07) is 7.90. The summed E-state index contributed by atoms with van der Waals surface area (Å²) in [5.74, 6) is -0.516. The maximum atomic E-state index is 11.3. The van der Waals surface area contributed by atoms with Crippen molar-refractivity contribution in [2.75, 3.05) is 0 Å². The molecule has 0 aliphatic heterocycles. The van der Waals surface area contributed by atoms with Gasteiger partial charge in [0.1, 0.15) is 0 Å². The van der Waals surface area contributed by atoms with Crippen LogP contribution in [-0.4, -0.2) is 11.6 Å². The molecule has 0 N–H and O–H groups in total. The molecule has 15 heavy (non-hydrogen) atoms. The highest BCUT2D eigenvalue weighted by Crippen LogP contribution is 2.13. The van der Waals surface area contributed by atoms with E-state index in [1.807, 2.05) is 24.3 Å². The van der Waals surface area contributed by atoms with Gasteiger partial charge in [-0.1, -0.05) is 25.1 Å². The Hall–Kier alpha value is -0.710. The molecule has 0 aliphatic rings. The Bertz CT molecular complexity index is 372. The summed E-state index contributed by atoms with van der Waals surface area (Å²) in [5.41, 5.74) is 1.13. The fraction of sp³-hybridized carbons (Fsp3) is 0.333. The number of aryl methyl sites for hydroxylation is 1. The van der Waals surface area contributed by atoms with E-state index in [9.17, 15) is 9.59 Å². The number of ketones is 2. The molecule has 3 heteroatoms. The molecule has 0 unspecified atom stereocenters. The van der Waals surface area contributed by atoms with Crippen LogP contribution in [-0.2, 0) is 16.0 Å². The average molecular weight is 316 g/mol. The van der Waals surface area contributed by atoms with Crippen molar-refractivity contribution in [3.05, 3.63) is 33.4 Å². The molecule has 1 aromatic carbocycles. The summed E-state index contributed by atoms with van der Waals surface area (Å²) in [6.45, 7) is 1.71. The van der Waals surface area contributed by atoms with Crippen molar-refractivity contribution in [1.29, 1.82) is 0 Å². The van der Waals surface area contributed by atoms with Gasteiger partial charge < -0.3 is 0 Å². The van der Waals surface area contributed by atoms with Gasteiger partial charge in [-0.15, -0.1) is 0 Å². The SMILES string of the molecule is CCC(=O)C(=O)CCc1ccccc1I. The van der Waals surface area contributed by atoms with Crippen molar-refractivity contribution in [2.24, 2.45) is 0 Å². The van der Waals surface area contributed by atoms with Crippen LogP contribution in [0.1, 0.15) is 25.3 Å². The first-order chi connectivity index (χ1) is 7.15. The van der Waals surface area contributed by atoms with E-state index < -0.39 is 0 Å². The van der Waals surface area contributed by atoms with Gasteiger partial charge in [-0.05, 0) is 40.6 Å². The largest absolute Gasteiger partial charge is 0.291 e. The predicted octanol–water partition coefficient (Wildman–Crippen LogP) is 2.77. The number of carbonyl (C=O) groups is 2. The number of hydrogen-bond acceptors (Lipinski definition) is 2. The molecule has 80 valence electrons. The molecule has 0 atom stereocenters. The molecule has 0 fully saturated rings. The number of hydrogen-bond donors (Lipinski definition) is 0. The predicted molar refractivity (Wildman–Crippen MR) is 67.8 cm³/mol. The number of rotatable bonds is 5. The summed E-state index contributed by atoms with van der Waals surface area (Å²) in [7, 11) is 0. The standard InChI is InChI=1S/C12H13IO2/c1-2-11(14)12(15)8-7-9-5-3-4-6-10(9)13/h3-6H,2,7-8H2,1H3. The lowest BCUT2D eigenvalue weighted by molar-refractivity contribution is -0.136. The zero-order chi connectivity index (χ0) is 11.3. The van der Waals surface area contributed by atoms with E-state index in [1.54, 1.807) is 6.92 Å². The fourth-order valence-electron chi connectivity index (χ4n) is 1.29. The first-order valence-electron chi connectivity index (χ1n) is 4.94. The molecular formula is C12H13IO2. The Morgan fingerprint density at radius 1 is 1.20 bits per heavy atom. The van der Waals surface area contributed by atoms with E-state index in [0.29, 0.717) is 19.3 Å². The van der Waals surface area contributed by atoms with Crippen LogP contribution in [0.2, 0.25) is 0 Å². The van der Waals surface area contributed by atoms with Gasteiger partial charge in [-0.2, -0.15) is 0 Å². The van der Waals surface area contributed by atoms with E-state index in [2.05, 4.69) is 22.6 Å². The van der Waals surface area contributed by atoms with Crippen LogP contribution < -0.4 is 0 Å². The first kappa shape index (κ1) is 12.4. The zero-order valence-electron chi connectivity index (χ0n) is 8.63. The second-order valence-corrected chi connectivity index (χ2v) is 4.45. The van der Waals surface area contributed by atoms with Gasteiger partial charge in [0.05, 0.1) is 0 Å². The molecule has 0 spiro atoms. The molecule has 0 aromatic heterocycles. The Labute approximate surface area is 103 Å². The third-order valence-corrected chi connectivity index (χ3v) is 3.26. The molecule has 0 saturated heterocycles. The first-order valence-corrected chi connectivity index (χ1v) is 6.02. The van der Waals surface area contributed by atoms with E-state index in [1.165, 1.54) is 0 Å². The Morgan fingerprint density at radius 3 is 2.47 bits per heavy atom. The fourth-order valence-corrected chi connectivity index (χ4v) is 1.94. The van der Waals surface area contributed by atoms with Crippen molar-refractivity contribution < 1.29 is 9.59 Å². The topological polar surface area (TPSA) is 34.1 Å². The van der Waals surface area contributed by atoms with Crippen LogP contribution in [0, 0.1) is 3.57 Å². The van der Waals surface area contributed by atoms with Gasteiger partial charge in [0, 0.05) is 16.4 Å². The molecule has 2 nitrogen and oxygen atoms in total. The lowest BCUT2D eigenvalue weighted by Gasteiger charge is -2.02. The molecule has 0 heterocycles. The third kappa shape index (κ3) is 3.74. The van der Waals surface area contributed by atoms with Crippen molar-refractivity contribution in [1.82, 2.24) is 0 Å². The quantitative estimate of drug-likeness (QED) is 0.618. The van der Waals surface area contributed by atoms with E-state index in [4.69, 9.17) is 0 Å². The highest BCUT2D eigenvalue weighted by Gasteiger charge is 2.11. The van der Waals surface area contributed by atoms with Crippen LogP contribution in [0.5, 0.6) is 0 Å². The maximum Gasteiger partial charge on any atom is 0.198 e. The minimum Gasteiger partial charge on any atom is -0.291 e. The second kappa shape index (κ2) is 6.00. The smallest absolute Gasteiger partial charge is 0.198 e. The summed E-state index contributed by atoms with van der Waals surface area (Å²) in [6.07, 6.45) is 1.29. The van der Waals surface area contributed by atoms with E-state index in [-0.39, 0.29) is 11.6 Å². The Morgan fingerprint density at radius 2 is 1.87 bits per heavy atom. The molecule has 0 bridgehead atoms. The van der Waals surface area contributed by atoms with Gasteiger partial charge in [-0.3, -0.25) is 9.59 Å². The van der Waals surface area contributed by atoms with Crippen LogP contribution in [0.25, 0.3) is 0 Å². The number of halogens is 1. The molecule has 1 aromatic rings. The third-order valence-electron chi connectivity index (χ3n) is 2.21. The van der Waals surface area contributed by atoms with Crippen LogP contribution in [0.3, 0.4) is 0 Å². The second-order valence-electron chi connectivity index (χ2n) is 3.29. The monoisotopic (exact) mass is 316 g/mol. The number of carbonyl (C=O) groups excluding carboxylic acids is 2. The number of Topliss-reactive ketones (excluding diaryl/α,β-unsaturated/α-hetero) is 2. The van der Waals surface area contributed by atoms with Crippen molar-refractivity contribution in [3.63, 3.8) is 0 Å².